The Morgan fingerprint density at radius 1 is 1.50 bits per heavy atom. The first-order valence-corrected chi connectivity index (χ1v) is 5.59. The fraction of sp³-hybridized carbons (Fsp3) is 0.583. The van der Waals surface area contributed by atoms with Gasteiger partial charge < -0.3 is 5.32 Å². The fourth-order valence-corrected chi connectivity index (χ4v) is 2.19. The lowest BCUT2D eigenvalue weighted by molar-refractivity contribution is -0.697. The van der Waals surface area contributed by atoms with E-state index < -0.39 is 0 Å². The second kappa shape index (κ2) is 4.56. The molecule has 1 aliphatic heterocycles. The van der Waals surface area contributed by atoms with Crippen LogP contribution >= 0.6 is 0 Å². The molecule has 0 aromatic carbocycles. The number of nitrogens with zero attached hydrogens (tertiary/aromatic N) is 1. The van der Waals surface area contributed by atoms with Crippen molar-refractivity contribution in [3.8, 4) is 0 Å². The highest BCUT2D eigenvalue weighted by molar-refractivity contribution is 5.14. The zero-order valence-corrected chi connectivity index (χ0v) is 8.87. The van der Waals surface area contributed by atoms with Crippen LogP contribution in [0.2, 0.25) is 0 Å². The molecule has 0 aliphatic carbocycles. The van der Waals surface area contributed by atoms with Crippen LogP contribution in [0.15, 0.2) is 18.3 Å². The van der Waals surface area contributed by atoms with Crippen LogP contribution < -0.4 is 5.32 Å². The number of aromatic nitrogens is 1. The third-order valence-corrected chi connectivity index (χ3v) is 2.97. The highest BCUT2D eigenvalue weighted by atomic mass is 14.9. The Hall–Kier alpha value is -0.890. The zero-order valence-electron chi connectivity index (χ0n) is 8.87. The van der Waals surface area contributed by atoms with Crippen LogP contribution in [0.4, 0.5) is 0 Å². The lowest BCUT2D eigenvalue weighted by Crippen LogP contribution is -2.91. The van der Waals surface area contributed by atoms with Gasteiger partial charge in [0, 0.05) is 18.3 Å². The van der Waals surface area contributed by atoms with Crippen LogP contribution in [0.1, 0.15) is 30.5 Å². The third-order valence-electron chi connectivity index (χ3n) is 2.97. The normalized spacial score (nSPS) is 22.2. The molecule has 1 aromatic rings. The summed E-state index contributed by atoms with van der Waals surface area (Å²) >= 11 is 0. The summed E-state index contributed by atoms with van der Waals surface area (Å²) in [5, 5.41) is 2.48. The van der Waals surface area contributed by atoms with Gasteiger partial charge in [-0.1, -0.05) is 0 Å². The minimum atomic E-state index is 0.776. The van der Waals surface area contributed by atoms with E-state index in [1.165, 1.54) is 37.1 Å². The smallest absolute Gasteiger partial charge is 0.0915 e. The predicted molar refractivity (Wildman–Crippen MR) is 57.1 cm³/mol. The number of hydrogen-bond donors (Lipinski definition) is 1. The standard InChI is InChI=1S/C12H18N2/c1-10-5-7-14-12(8-10)9-11-4-2-3-6-13-11/h5,7-8,11,13H,2-4,6,9H2,1H3/p+1/t11-/m1/s1. The SMILES string of the molecule is Cc1ccnc(C[C@H]2CCCC[NH2+]2)c1. The Morgan fingerprint density at radius 2 is 2.43 bits per heavy atom. The number of hydrogen-bond acceptors (Lipinski definition) is 1. The molecule has 76 valence electrons. The first-order valence-electron chi connectivity index (χ1n) is 5.59. The van der Waals surface area contributed by atoms with Crippen LogP contribution in [0.3, 0.4) is 0 Å². The van der Waals surface area contributed by atoms with Gasteiger partial charge in [0.1, 0.15) is 0 Å². The summed E-state index contributed by atoms with van der Waals surface area (Å²) in [4.78, 5) is 4.41. The predicted octanol–water partition coefficient (Wildman–Crippen LogP) is 1.05. The molecule has 1 aliphatic rings. The molecule has 1 fully saturated rings. The maximum atomic E-state index is 4.41. The van der Waals surface area contributed by atoms with E-state index in [2.05, 4.69) is 29.4 Å². The van der Waals surface area contributed by atoms with Gasteiger partial charge >= 0.3 is 0 Å². The summed E-state index contributed by atoms with van der Waals surface area (Å²) in [6.45, 7) is 3.44. The van der Waals surface area contributed by atoms with Gasteiger partial charge in [-0.3, -0.25) is 4.98 Å². The Bertz CT molecular complexity index is 290. The van der Waals surface area contributed by atoms with Gasteiger partial charge in [0.05, 0.1) is 12.6 Å². The quantitative estimate of drug-likeness (QED) is 0.744. The van der Waals surface area contributed by atoms with E-state index in [1.807, 2.05) is 6.20 Å². The maximum absolute atomic E-state index is 4.41. The van der Waals surface area contributed by atoms with Crippen molar-refractivity contribution in [2.24, 2.45) is 0 Å². The third kappa shape index (κ3) is 2.55. The van der Waals surface area contributed by atoms with Crippen molar-refractivity contribution in [3.63, 3.8) is 0 Å². The van der Waals surface area contributed by atoms with Crippen LogP contribution in [0, 0.1) is 6.92 Å². The molecule has 0 spiro atoms. The molecular weight excluding hydrogens is 172 g/mol. The van der Waals surface area contributed by atoms with Gasteiger partial charge in [-0.05, 0) is 43.9 Å². The van der Waals surface area contributed by atoms with E-state index in [-0.39, 0.29) is 0 Å². The molecular formula is C12H19N2+. The summed E-state index contributed by atoms with van der Waals surface area (Å²) < 4.78 is 0. The van der Waals surface area contributed by atoms with E-state index >= 15 is 0 Å². The van der Waals surface area contributed by atoms with Crippen LogP contribution in [-0.2, 0) is 6.42 Å². The Morgan fingerprint density at radius 3 is 3.14 bits per heavy atom. The van der Waals surface area contributed by atoms with Gasteiger partial charge in [0.25, 0.3) is 0 Å². The highest BCUT2D eigenvalue weighted by Crippen LogP contribution is 2.08. The number of pyridine rings is 1. The van der Waals surface area contributed by atoms with Crippen molar-refractivity contribution in [1.29, 1.82) is 0 Å². The molecule has 0 bridgehead atoms. The summed E-state index contributed by atoms with van der Waals surface area (Å²) in [7, 11) is 0. The Labute approximate surface area is 85.7 Å². The average Bonchev–Trinajstić information content (AvgIpc) is 2.19. The van der Waals surface area contributed by atoms with Crippen molar-refractivity contribution >= 4 is 0 Å². The molecule has 2 N–H and O–H groups in total. The van der Waals surface area contributed by atoms with Crippen molar-refractivity contribution in [3.05, 3.63) is 29.6 Å². The molecule has 2 rings (SSSR count). The van der Waals surface area contributed by atoms with Crippen molar-refractivity contribution in [2.75, 3.05) is 6.54 Å². The highest BCUT2D eigenvalue weighted by Gasteiger charge is 2.16. The van der Waals surface area contributed by atoms with Gasteiger partial charge in [0.15, 0.2) is 0 Å². The zero-order chi connectivity index (χ0) is 9.80. The van der Waals surface area contributed by atoms with Crippen molar-refractivity contribution in [1.82, 2.24) is 4.98 Å². The summed E-state index contributed by atoms with van der Waals surface area (Å²) in [6.07, 6.45) is 7.20. The lowest BCUT2D eigenvalue weighted by Gasteiger charge is -2.19. The second-order valence-corrected chi connectivity index (χ2v) is 4.31. The molecule has 14 heavy (non-hydrogen) atoms. The molecule has 0 radical (unpaired) electrons. The van der Waals surface area contributed by atoms with Gasteiger partial charge in [0.2, 0.25) is 0 Å². The first kappa shape index (κ1) is 9.66. The fourth-order valence-electron chi connectivity index (χ4n) is 2.19. The van der Waals surface area contributed by atoms with Gasteiger partial charge in [-0.25, -0.2) is 0 Å². The Kier molecular flexibility index (Phi) is 3.14. The van der Waals surface area contributed by atoms with E-state index in [0.29, 0.717) is 0 Å². The van der Waals surface area contributed by atoms with Crippen LogP contribution in [-0.4, -0.2) is 17.6 Å². The molecule has 0 unspecified atom stereocenters. The molecule has 0 amide bonds. The largest absolute Gasteiger partial charge is 0.343 e. The number of rotatable bonds is 2. The lowest BCUT2D eigenvalue weighted by atomic mass is 10.00. The summed E-state index contributed by atoms with van der Waals surface area (Å²) in [6, 6.07) is 5.05. The van der Waals surface area contributed by atoms with Crippen molar-refractivity contribution in [2.45, 2.75) is 38.6 Å². The summed E-state index contributed by atoms with van der Waals surface area (Å²) in [5.74, 6) is 0. The maximum Gasteiger partial charge on any atom is 0.0915 e. The van der Waals surface area contributed by atoms with Crippen molar-refractivity contribution < 1.29 is 5.32 Å². The van der Waals surface area contributed by atoms with Gasteiger partial charge in [-0.15, -0.1) is 0 Å². The Balaban J connectivity index is 1.95. The molecule has 0 saturated carbocycles. The second-order valence-electron chi connectivity index (χ2n) is 4.31. The van der Waals surface area contributed by atoms with E-state index in [0.717, 1.165) is 12.5 Å². The molecule has 1 atom stereocenters. The number of piperidine rings is 1. The molecule has 1 saturated heterocycles. The number of quaternary nitrogens is 1. The molecule has 1 aromatic heterocycles. The van der Waals surface area contributed by atoms with Gasteiger partial charge in [-0.2, -0.15) is 0 Å². The number of nitrogens with two attached hydrogens (primary N) is 1. The minimum absolute atomic E-state index is 0.776. The topological polar surface area (TPSA) is 29.5 Å². The van der Waals surface area contributed by atoms with E-state index in [9.17, 15) is 0 Å². The molecule has 2 nitrogen and oxygen atoms in total. The average molecular weight is 191 g/mol. The summed E-state index contributed by atoms with van der Waals surface area (Å²) in [5.41, 5.74) is 2.58. The number of aryl methyl sites for hydroxylation is 1. The van der Waals surface area contributed by atoms with Crippen LogP contribution in [0.5, 0.6) is 0 Å². The molecule has 2 heteroatoms. The monoisotopic (exact) mass is 191 g/mol. The minimum Gasteiger partial charge on any atom is -0.343 e. The van der Waals surface area contributed by atoms with E-state index in [4.69, 9.17) is 0 Å². The first-order chi connectivity index (χ1) is 6.84. The van der Waals surface area contributed by atoms with Crippen LogP contribution in [0.25, 0.3) is 0 Å². The van der Waals surface area contributed by atoms with E-state index in [1.54, 1.807) is 0 Å². The molecule has 2 heterocycles.